The SMILES string of the molecule is O=C1CCC(N2C(=O)c3ccc(CNCC4CCNCC4)cc3C2=O)C(=O)N1. The lowest BCUT2D eigenvalue weighted by Gasteiger charge is -2.27. The Labute approximate surface area is 163 Å². The summed E-state index contributed by atoms with van der Waals surface area (Å²) in [6, 6.07) is 4.30. The van der Waals surface area contributed by atoms with E-state index in [4.69, 9.17) is 0 Å². The first-order chi connectivity index (χ1) is 13.5. The molecule has 4 rings (SSSR count). The maximum Gasteiger partial charge on any atom is 0.262 e. The van der Waals surface area contributed by atoms with E-state index in [-0.39, 0.29) is 18.7 Å². The number of fused-ring (bicyclic) bond motifs is 1. The summed E-state index contributed by atoms with van der Waals surface area (Å²) in [5, 5.41) is 8.99. The molecule has 1 aromatic carbocycles. The second-order valence-corrected chi connectivity index (χ2v) is 7.65. The van der Waals surface area contributed by atoms with E-state index in [2.05, 4.69) is 16.0 Å². The normalized spacial score (nSPS) is 23.1. The number of nitrogens with zero attached hydrogens (tertiary/aromatic N) is 1. The number of amides is 4. The highest BCUT2D eigenvalue weighted by Gasteiger charge is 2.44. The standard InChI is InChI=1S/C20H24N4O4/c25-17-4-3-16(18(26)23-17)24-19(27)14-2-1-13(9-15(14)20(24)28)11-22-10-12-5-7-21-8-6-12/h1-2,9,12,16,21-22H,3-8,10-11H2,(H,23,25,26). The molecule has 28 heavy (non-hydrogen) atoms. The topological polar surface area (TPSA) is 108 Å². The Morgan fingerprint density at radius 3 is 2.50 bits per heavy atom. The predicted molar refractivity (Wildman–Crippen MR) is 100 cm³/mol. The number of carbonyl (C=O) groups excluding carboxylic acids is 4. The minimum absolute atomic E-state index is 0.121. The lowest BCUT2D eigenvalue weighted by Crippen LogP contribution is -2.54. The van der Waals surface area contributed by atoms with E-state index in [1.54, 1.807) is 12.1 Å². The van der Waals surface area contributed by atoms with Gasteiger partial charge in [-0.3, -0.25) is 29.4 Å². The average Bonchev–Trinajstić information content (AvgIpc) is 2.93. The van der Waals surface area contributed by atoms with E-state index < -0.39 is 23.8 Å². The maximum atomic E-state index is 12.8. The number of imide groups is 2. The van der Waals surface area contributed by atoms with Crippen molar-refractivity contribution in [3.05, 3.63) is 34.9 Å². The van der Waals surface area contributed by atoms with Crippen molar-refractivity contribution in [1.82, 2.24) is 20.9 Å². The molecule has 0 aromatic heterocycles. The number of carbonyl (C=O) groups is 4. The first-order valence-electron chi connectivity index (χ1n) is 9.80. The van der Waals surface area contributed by atoms with Gasteiger partial charge < -0.3 is 10.6 Å². The summed E-state index contributed by atoms with van der Waals surface area (Å²) < 4.78 is 0. The van der Waals surface area contributed by atoms with Crippen molar-refractivity contribution in [2.75, 3.05) is 19.6 Å². The van der Waals surface area contributed by atoms with Crippen LogP contribution in [0.1, 0.15) is 52.0 Å². The number of piperidine rings is 2. The van der Waals surface area contributed by atoms with Gasteiger partial charge in [-0.25, -0.2) is 0 Å². The van der Waals surface area contributed by atoms with E-state index >= 15 is 0 Å². The van der Waals surface area contributed by atoms with Crippen molar-refractivity contribution >= 4 is 23.6 Å². The molecule has 148 valence electrons. The molecule has 8 nitrogen and oxygen atoms in total. The summed E-state index contributed by atoms with van der Waals surface area (Å²) in [6.45, 7) is 3.65. The van der Waals surface area contributed by atoms with Crippen LogP contribution in [0, 0.1) is 5.92 Å². The summed E-state index contributed by atoms with van der Waals surface area (Å²) in [5.41, 5.74) is 1.58. The van der Waals surface area contributed by atoms with Gasteiger partial charge in [-0.1, -0.05) is 6.07 Å². The zero-order valence-electron chi connectivity index (χ0n) is 15.6. The summed E-state index contributed by atoms with van der Waals surface area (Å²) in [5.74, 6) is -1.24. The number of rotatable bonds is 5. The summed E-state index contributed by atoms with van der Waals surface area (Å²) >= 11 is 0. The van der Waals surface area contributed by atoms with Gasteiger partial charge in [0.15, 0.2) is 0 Å². The second-order valence-electron chi connectivity index (χ2n) is 7.65. The Bertz CT molecular complexity index is 831. The average molecular weight is 384 g/mol. The summed E-state index contributed by atoms with van der Waals surface area (Å²) in [6.07, 6.45) is 2.60. The van der Waals surface area contributed by atoms with Crippen LogP contribution in [0.3, 0.4) is 0 Å². The molecule has 3 heterocycles. The molecule has 0 aliphatic carbocycles. The van der Waals surface area contributed by atoms with Crippen LogP contribution < -0.4 is 16.0 Å². The molecule has 3 aliphatic heterocycles. The predicted octanol–water partition coefficient (Wildman–Crippen LogP) is 0.177. The van der Waals surface area contributed by atoms with Gasteiger partial charge in [0.2, 0.25) is 11.8 Å². The van der Waals surface area contributed by atoms with Crippen LogP contribution in [0.25, 0.3) is 0 Å². The van der Waals surface area contributed by atoms with Crippen molar-refractivity contribution in [1.29, 1.82) is 0 Å². The molecule has 2 fully saturated rings. The van der Waals surface area contributed by atoms with Gasteiger partial charge >= 0.3 is 0 Å². The smallest absolute Gasteiger partial charge is 0.262 e. The van der Waals surface area contributed by atoms with Crippen molar-refractivity contribution in [2.24, 2.45) is 5.92 Å². The van der Waals surface area contributed by atoms with Gasteiger partial charge in [-0.2, -0.15) is 0 Å². The molecule has 0 saturated carbocycles. The van der Waals surface area contributed by atoms with Gasteiger partial charge in [0.05, 0.1) is 11.1 Å². The maximum absolute atomic E-state index is 12.8. The molecule has 3 aliphatic rings. The Balaban J connectivity index is 1.43. The van der Waals surface area contributed by atoms with Crippen LogP contribution in [0.5, 0.6) is 0 Å². The molecular weight excluding hydrogens is 360 g/mol. The van der Waals surface area contributed by atoms with Gasteiger partial charge in [0.1, 0.15) is 6.04 Å². The van der Waals surface area contributed by atoms with Gasteiger partial charge in [-0.15, -0.1) is 0 Å². The Morgan fingerprint density at radius 2 is 1.75 bits per heavy atom. The fourth-order valence-electron chi connectivity index (χ4n) is 4.13. The Morgan fingerprint density at radius 1 is 1.00 bits per heavy atom. The summed E-state index contributed by atoms with van der Waals surface area (Å²) in [4.78, 5) is 49.9. The molecule has 2 saturated heterocycles. The third-order valence-electron chi connectivity index (χ3n) is 5.73. The van der Waals surface area contributed by atoms with E-state index in [1.807, 2.05) is 6.07 Å². The largest absolute Gasteiger partial charge is 0.317 e. The first kappa shape index (κ1) is 18.8. The van der Waals surface area contributed by atoms with Crippen molar-refractivity contribution in [3.8, 4) is 0 Å². The van der Waals surface area contributed by atoms with Crippen molar-refractivity contribution in [2.45, 2.75) is 38.3 Å². The van der Waals surface area contributed by atoms with E-state index in [0.717, 1.165) is 42.9 Å². The Kier molecular flexibility index (Phi) is 5.23. The number of nitrogens with one attached hydrogen (secondary N) is 3. The van der Waals surface area contributed by atoms with E-state index in [1.165, 1.54) is 0 Å². The highest BCUT2D eigenvalue weighted by molar-refractivity contribution is 6.23. The molecule has 1 aromatic rings. The second kappa shape index (κ2) is 7.81. The van der Waals surface area contributed by atoms with Crippen LogP contribution in [0.4, 0.5) is 0 Å². The fraction of sp³-hybridized carbons (Fsp3) is 0.500. The van der Waals surface area contributed by atoms with Crippen LogP contribution in [0.2, 0.25) is 0 Å². The molecule has 0 spiro atoms. The number of benzene rings is 1. The lowest BCUT2D eigenvalue weighted by molar-refractivity contribution is -0.136. The highest BCUT2D eigenvalue weighted by Crippen LogP contribution is 2.28. The van der Waals surface area contributed by atoms with E-state index in [9.17, 15) is 19.2 Å². The van der Waals surface area contributed by atoms with Crippen LogP contribution >= 0.6 is 0 Å². The van der Waals surface area contributed by atoms with Crippen LogP contribution in [-0.4, -0.2) is 54.2 Å². The molecule has 1 atom stereocenters. The number of hydrogen-bond acceptors (Lipinski definition) is 6. The van der Waals surface area contributed by atoms with Crippen LogP contribution in [0.15, 0.2) is 18.2 Å². The minimum Gasteiger partial charge on any atom is -0.317 e. The monoisotopic (exact) mass is 384 g/mol. The zero-order chi connectivity index (χ0) is 19.7. The molecule has 4 amide bonds. The van der Waals surface area contributed by atoms with Crippen LogP contribution in [-0.2, 0) is 16.1 Å². The molecule has 8 heteroatoms. The molecule has 0 radical (unpaired) electrons. The third-order valence-corrected chi connectivity index (χ3v) is 5.73. The summed E-state index contributed by atoms with van der Waals surface area (Å²) in [7, 11) is 0. The molecular formula is C20H24N4O4. The molecule has 1 unspecified atom stereocenters. The lowest BCUT2D eigenvalue weighted by atomic mass is 9.98. The number of hydrogen-bond donors (Lipinski definition) is 3. The first-order valence-corrected chi connectivity index (χ1v) is 9.80. The van der Waals surface area contributed by atoms with Gasteiger partial charge in [0, 0.05) is 13.0 Å². The zero-order valence-corrected chi connectivity index (χ0v) is 15.6. The minimum atomic E-state index is -0.924. The van der Waals surface area contributed by atoms with Crippen molar-refractivity contribution in [3.63, 3.8) is 0 Å². The van der Waals surface area contributed by atoms with Gasteiger partial charge in [-0.05, 0) is 62.5 Å². The highest BCUT2D eigenvalue weighted by atomic mass is 16.2. The molecule has 3 N–H and O–H groups in total. The third kappa shape index (κ3) is 3.57. The quantitative estimate of drug-likeness (QED) is 0.625. The fourth-order valence-corrected chi connectivity index (χ4v) is 4.13. The van der Waals surface area contributed by atoms with Crippen molar-refractivity contribution < 1.29 is 19.2 Å². The molecule has 0 bridgehead atoms. The Hall–Kier alpha value is -2.58. The van der Waals surface area contributed by atoms with Gasteiger partial charge in [0.25, 0.3) is 11.8 Å². The van der Waals surface area contributed by atoms with E-state index in [0.29, 0.717) is 23.6 Å².